The van der Waals surface area contributed by atoms with E-state index in [4.69, 9.17) is 0 Å². The molecule has 1 aromatic carbocycles. The molecule has 1 aromatic rings. The summed E-state index contributed by atoms with van der Waals surface area (Å²) in [6.45, 7) is 7.90. The second-order valence-electron chi connectivity index (χ2n) is 5.23. The molecule has 0 aromatic heterocycles. The van der Waals surface area contributed by atoms with Crippen molar-refractivity contribution in [1.82, 2.24) is 10.2 Å². The van der Waals surface area contributed by atoms with E-state index in [1.54, 1.807) is 0 Å². The van der Waals surface area contributed by atoms with Crippen LogP contribution in [0.1, 0.15) is 32.3 Å². The Balaban J connectivity index is 1.91. The Morgan fingerprint density at radius 2 is 2.28 bits per heavy atom. The predicted molar refractivity (Wildman–Crippen MR) is 80.7 cm³/mol. The summed E-state index contributed by atoms with van der Waals surface area (Å²) in [5, 5.41) is 3.57. The number of piperidine rings is 1. The lowest BCUT2D eigenvalue weighted by Gasteiger charge is -2.38. The molecule has 0 saturated carbocycles. The van der Waals surface area contributed by atoms with Crippen LogP contribution in [0.25, 0.3) is 0 Å². The topological polar surface area (TPSA) is 15.3 Å². The van der Waals surface area contributed by atoms with Crippen LogP contribution in [-0.2, 0) is 6.54 Å². The minimum Gasteiger partial charge on any atom is -0.314 e. The number of nitrogens with one attached hydrogen (secondary N) is 1. The average molecular weight is 311 g/mol. The highest BCUT2D eigenvalue weighted by molar-refractivity contribution is 9.10. The van der Waals surface area contributed by atoms with Crippen molar-refractivity contribution in [2.75, 3.05) is 13.1 Å². The molecule has 1 saturated heterocycles. The summed E-state index contributed by atoms with van der Waals surface area (Å²) in [5.41, 5.74) is 1.40. The molecule has 0 bridgehead atoms. The highest BCUT2D eigenvalue weighted by atomic mass is 79.9. The molecule has 1 N–H and O–H groups in total. The first-order valence-electron chi connectivity index (χ1n) is 6.91. The maximum Gasteiger partial charge on any atom is 0.0236 e. The molecule has 1 aliphatic heterocycles. The Morgan fingerprint density at radius 3 is 2.94 bits per heavy atom. The van der Waals surface area contributed by atoms with Gasteiger partial charge in [-0.15, -0.1) is 0 Å². The highest BCUT2D eigenvalue weighted by Gasteiger charge is 2.24. The van der Waals surface area contributed by atoms with Gasteiger partial charge < -0.3 is 5.32 Å². The van der Waals surface area contributed by atoms with Gasteiger partial charge in [0, 0.05) is 29.6 Å². The van der Waals surface area contributed by atoms with E-state index in [-0.39, 0.29) is 0 Å². The normalized spacial score (nSPS) is 25.3. The Bertz CT molecular complexity index is 381. The number of rotatable bonds is 4. The summed E-state index contributed by atoms with van der Waals surface area (Å²) in [6, 6.07) is 10.0. The maximum atomic E-state index is 3.57. The molecule has 2 atom stereocenters. The van der Waals surface area contributed by atoms with Crippen LogP contribution >= 0.6 is 15.9 Å². The van der Waals surface area contributed by atoms with E-state index in [2.05, 4.69) is 64.3 Å². The van der Waals surface area contributed by atoms with Gasteiger partial charge in [-0.05, 0) is 44.0 Å². The van der Waals surface area contributed by atoms with Gasteiger partial charge in [0.1, 0.15) is 0 Å². The Hall–Kier alpha value is -0.380. The van der Waals surface area contributed by atoms with Crippen molar-refractivity contribution in [3.8, 4) is 0 Å². The minimum absolute atomic E-state index is 0.668. The van der Waals surface area contributed by atoms with Crippen molar-refractivity contribution in [3.05, 3.63) is 34.3 Å². The maximum absolute atomic E-state index is 3.57. The van der Waals surface area contributed by atoms with Gasteiger partial charge in [-0.25, -0.2) is 0 Å². The first kappa shape index (κ1) is 14.0. The lowest BCUT2D eigenvalue weighted by atomic mass is 9.97. The predicted octanol–water partition coefficient (Wildman–Crippen LogP) is 3.41. The van der Waals surface area contributed by atoms with Crippen LogP contribution in [0.4, 0.5) is 0 Å². The second-order valence-corrected chi connectivity index (χ2v) is 6.14. The largest absolute Gasteiger partial charge is 0.314 e. The van der Waals surface area contributed by atoms with E-state index in [1.807, 2.05) is 0 Å². The van der Waals surface area contributed by atoms with Gasteiger partial charge in [0.2, 0.25) is 0 Å². The van der Waals surface area contributed by atoms with E-state index in [0.717, 1.165) is 13.1 Å². The van der Waals surface area contributed by atoms with Crippen LogP contribution < -0.4 is 5.32 Å². The van der Waals surface area contributed by atoms with Crippen molar-refractivity contribution in [2.45, 2.75) is 45.3 Å². The standard InChI is InChI=1S/C15H23BrN2/c1-3-17-15-7-8-18(12(2)9-15)11-13-5-4-6-14(16)10-13/h4-6,10,12,15,17H,3,7-9,11H2,1-2H3. The third-order valence-corrected chi connectivity index (χ3v) is 4.27. The Labute approximate surface area is 119 Å². The van der Waals surface area contributed by atoms with Crippen LogP contribution in [0, 0.1) is 0 Å². The molecule has 3 heteroatoms. The lowest BCUT2D eigenvalue weighted by molar-refractivity contribution is 0.129. The van der Waals surface area contributed by atoms with Gasteiger partial charge >= 0.3 is 0 Å². The molecule has 0 aliphatic carbocycles. The number of benzene rings is 1. The van der Waals surface area contributed by atoms with Gasteiger partial charge in [-0.2, -0.15) is 0 Å². The zero-order chi connectivity index (χ0) is 13.0. The van der Waals surface area contributed by atoms with E-state index >= 15 is 0 Å². The first-order chi connectivity index (χ1) is 8.69. The van der Waals surface area contributed by atoms with Crippen LogP contribution in [0.5, 0.6) is 0 Å². The van der Waals surface area contributed by atoms with Crippen LogP contribution in [-0.4, -0.2) is 30.1 Å². The highest BCUT2D eigenvalue weighted by Crippen LogP contribution is 2.21. The second kappa shape index (κ2) is 6.69. The molecule has 0 radical (unpaired) electrons. The third kappa shape index (κ3) is 3.81. The Morgan fingerprint density at radius 1 is 1.44 bits per heavy atom. The van der Waals surface area contributed by atoms with E-state index in [0.29, 0.717) is 12.1 Å². The number of nitrogens with zero attached hydrogens (tertiary/aromatic N) is 1. The molecule has 0 spiro atoms. The van der Waals surface area contributed by atoms with Crippen LogP contribution in [0.3, 0.4) is 0 Å². The molecule has 2 rings (SSSR count). The molecular formula is C15H23BrN2. The zero-order valence-corrected chi connectivity index (χ0v) is 12.9. The van der Waals surface area contributed by atoms with Gasteiger partial charge in [0.25, 0.3) is 0 Å². The summed E-state index contributed by atoms with van der Waals surface area (Å²) in [7, 11) is 0. The van der Waals surface area contributed by atoms with Gasteiger partial charge in [-0.1, -0.05) is 35.0 Å². The summed E-state index contributed by atoms with van der Waals surface area (Å²) in [5.74, 6) is 0. The minimum atomic E-state index is 0.668. The fourth-order valence-electron chi connectivity index (χ4n) is 2.80. The zero-order valence-electron chi connectivity index (χ0n) is 11.3. The number of halogens is 1. The fourth-order valence-corrected chi connectivity index (χ4v) is 3.25. The quantitative estimate of drug-likeness (QED) is 0.917. The SMILES string of the molecule is CCNC1CCN(Cc2cccc(Br)c2)C(C)C1. The third-order valence-electron chi connectivity index (χ3n) is 3.78. The Kier molecular flexibility index (Phi) is 5.22. The number of hydrogen-bond acceptors (Lipinski definition) is 2. The number of likely N-dealkylation sites (tertiary alicyclic amines) is 1. The smallest absolute Gasteiger partial charge is 0.0236 e. The van der Waals surface area contributed by atoms with Gasteiger partial charge in [0.15, 0.2) is 0 Å². The van der Waals surface area contributed by atoms with Crippen molar-refractivity contribution in [1.29, 1.82) is 0 Å². The molecule has 1 aliphatic rings. The fraction of sp³-hybridized carbons (Fsp3) is 0.600. The van der Waals surface area contributed by atoms with Crippen molar-refractivity contribution in [3.63, 3.8) is 0 Å². The van der Waals surface area contributed by atoms with Crippen molar-refractivity contribution < 1.29 is 0 Å². The monoisotopic (exact) mass is 310 g/mol. The summed E-state index contributed by atoms with van der Waals surface area (Å²) < 4.78 is 1.18. The molecule has 1 fully saturated rings. The molecule has 1 heterocycles. The summed E-state index contributed by atoms with van der Waals surface area (Å²) in [4.78, 5) is 2.59. The molecule has 100 valence electrons. The van der Waals surface area contributed by atoms with Crippen molar-refractivity contribution in [2.24, 2.45) is 0 Å². The van der Waals surface area contributed by atoms with Crippen LogP contribution in [0.15, 0.2) is 28.7 Å². The lowest BCUT2D eigenvalue weighted by Crippen LogP contribution is -2.46. The molecular weight excluding hydrogens is 288 g/mol. The molecule has 18 heavy (non-hydrogen) atoms. The summed E-state index contributed by atoms with van der Waals surface area (Å²) >= 11 is 3.54. The van der Waals surface area contributed by atoms with Gasteiger partial charge in [-0.3, -0.25) is 4.90 Å². The van der Waals surface area contributed by atoms with Gasteiger partial charge in [0.05, 0.1) is 0 Å². The van der Waals surface area contributed by atoms with Crippen molar-refractivity contribution >= 4 is 15.9 Å². The first-order valence-corrected chi connectivity index (χ1v) is 7.70. The number of hydrogen-bond donors (Lipinski definition) is 1. The van der Waals surface area contributed by atoms with E-state index < -0.39 is 0 Å². The summed E-state index contributed by atoms with van der Waals surface area (Å²) in [6.07, 6.45) is 2.54. The molecule has 2 nitrogen and oxygen atoms in total. The average Bonchev–Trinajstić information content (AvgIpc) is 2.33. The molecule has 0 amide bonds. The molecule has 2 unspecified atom stereocenters. The van der Waals surface area contributed by atoms with Crippen LogP contribution in [0.2, 0.25) is 0 Å². The van der Waals surface area contributed by atoms with E-state index in [9.17, 15) is 0 Å². The van der Waals surface area contributed by atoms with E-state index in [1.165, 1.54) is 29.4 Å².